The second-order valence-electron chi connectivity index (χ2n) is 6.95. The lowest BCUT2D eigenvalue weighted by atomic mass is 9.98. The molecule has 0 saturated heterocycles. The zero-order valence-electron chi connectivity index (χ0n) is 15.4. The van der Waals surface area contributed by atoms with Crippen LogP contribution < -0.4 is 0 Å². The Morgan fingerprint density at radius 2 is 1.20 bits per heavy atom. The third kappa shape index (κ3) is 2.53. The van der Waals surface area contributed by atoms with Gasteiger partial charge in [-0.05, 0) is 62.9 Å². The van der Waals surface area contributed by atoms with E-state index in [2.05, 4.69) is 85.8 Å². The van der Waals surface area contributed by atoms with Gasteiger partial charge in [0.05, 0.1) is 0 Å². The molecule has 2 nitrogen and oxygen atoms in total. The minimum atomic E-state index is 0.985. The van der Waals surface area contributed by atoms with Gasteiger partial charge in [-0.15, -0.1) is 0 Å². The molecule has 0 aliphatic carbocycles. The van der Waals surface area contributed by atoms with E-state index in [0.29, 0.717) is 0 Å². The second kappa shape index (κ2) is 6.03. The van der Waals surface area contributed by atoms with Crippen molar-refractivity contribution in [3.63, 3.8) is 0 Å². The van der Waals surface area contributed by atoms with Crippen molar-refractivity contribution in [2.24, 2.45) is 0 Å². The van der Waals surface area contributed by atoms with Gasteiger partial charge in [-0.1, -0.05) is 36.4 Å². The number of aryl methyl sites for hydroxylation is 3. The molecule has 2 heterocycles. The van der Waals surface area contributed by atoms with Gasteiger partial charge in [-0.3, -0.25) is 4.98 Å². The fourth-order valence-electron chi connectivity index (χ4n) is 3.98. The van der Waals surface area contributed by atoms with E-state index in [0.717, 1.165) is 24.4 Å². The van der Waals surface area contributed by atoms with Crippen LogP contribution in [0.25, 0.3) is 21.8 Å². The lowest BCUT2D eigenvalue weighted by Crippen LogP contribution is -2.07. The summed E-state index contributed by atoms with van der Waals surface area (Å²) in [5.41, 5.74) is 9.07. The topological polar surface area (TPSA) is 17.8 Å². The van der Waals surface area contributed by atoms with Gasteiger partial charge < -0.3 is 4.57 Å². The molecule has 0 saturated carbocycles. The Morgan fingerprint density at radius 3 is 1.72 bits per heavy atom. The van der Waals surface area contributed by atoms with E-state index in [1.807, 2.05) is 0 Å². The number of hydrogen-bond donors (Lipinski definition) is 0. The molecule has 4 aromatic rings. The van der Waals surface area contributed by atoms with Crippen LogP contribution in [-0.2, 0) is 13.0 Å². The monoisotopic (exact) mass is 328 g/mol. The summed E-state index contributed by atoms with van der Waals surface area (Å²) in [5, 5.41) is 2.68. The quantitative estimate of drug-likeness (QED) is 0.474. The smallest absolute Gasteiger partial charge is 0.0491 e. The number of aromatic nitrogens is 2. The van der Waals surface area contributed by atoms with Crippen molar-refractivity contribution < 1.29 is 0 Å². The molecule has 2 aromatic heterocycles. The maximum atomic E-state index is 4.67. The first-order chi connectivity index (χ1) is 12.1. The third-order valence-corrected chi connectivity index (χ3v) is 5.59. The van der Waals surface area contributed by atoms with Crippen molar-refractivity contribution in [2.75, 3.05) is 0 Å². The Bertz CT molecular complexity index is 1010. The molecule has 0 unspecified atom stereocenters. The van der Waals surface area contributed by atoms with Crippen molar-refractivity contribution >= 4 is 21.8 Å². The van der Waals surface area contributed by atoms with Crippen molar-refractivity contribution in [3.8, 4) is 0 Å². The van der Waals surface area contributed by atoms with Crippen molar-refractivity contribution in [1.29, 1.82) is 0 Å². The van der Waals surface area contributed by atoms with E-state index in [-0.39, 0.29) is 0 Å². The summed E-state index contributed by atoms with van der Waals surface area (Å²) >= 11 is 0. The number of fused-ring (bicyclic) bond motifs is 3. The number of benzene rings is 2. The number of hydrogen-bond acceptors (Lipinski definition) is 1. The van der Waals surface area contributed by atoms with Crippen LogP contribution in [-0.4, -0.2) is 9.55 Å². The molecule has 0 bridgehead atoms. The summed E-state index contributed by atoms with van der Waals surface area (Å²) < 4.78 is 2.47. The molecule has 0 N–H and O–H groups in total. The summed E-state index contributed by atoms with van der Waals surface area (Å²) in [7, 11) is 0. The molecule has 4 rings (SSSR count). The Morgan fingerprint density at radius 1 is 0.720 bits per heavy atom. The van der Waals surface area contributed by atoms with Gasteiger partial charge in [-0.2, -0.15) is 0 Å². The van der Waals surface area contributed by atoms with Gasteiger partial charge >= 0.3 is 0 Å². The normalized spacial score (nSPS) is 11.5. The minimum Gasteiger partial charge on any atom is -0.340 e. The molecule has 0 atom stereocenters. The van der Waals surface area contributed by atoms with Crippen molar-refractivity contribution in [1.82, 2.24) is 9.55 Å². The largest absolute Gasteiger partial charge is 0.340 e. The van der Waals surface area contributed by atoms with E-state index in [4.69, 9.17) is 0 Å². The highest BCUT2D eigenvalue weighted by molar-refractivity contribution is 6.07. The molecule has 0 radical (unpaired) electrons. The predicted octanol–water partition coefficient (Wildman–Crippen LogP) is 5.67. The number of pyridine rings is 1. The standard InChI is InChI=1S/C23H24N2/c1-15-17(3)24-18(4)16(2)19(15)13-14-25-22-11-7-5-9-20(22)21-10-6-8-12-23(21)25/h5-12H,13-14H2,1-4H3. The van der Waals surface area contributed by atoms with Crippen molar-refractivity contribution in [3.05, 3.63) is 76.6 Å². The van der Waals surface area contributed by atoms with E-state index in [1.165, 1.54) is 38.5 Å². The number of para-hydroxylation sites is 2. The third-order valence-electron chi connectivity index (χ3n) is 5.59. The minimum absolute atomic E-state index is 0.985. The average Bonchev–Trinajstić information content (AvgIpc) is 2.94. The van der Waals surface area contributed by atoms with Crippen molar-refractivity contribution in [2.45, 2.75) is 40.7 Å². The summed E-state index contributed by atoms with van der Waals surface area (Å²) in [4.78, 5) is 4.67. The predicted molar refractivity (Wildman–Crippen MR) is 106 cm³/mol. The summed E-state index contributed by atoms with van der Waals surface area (Å²) in [6, 6.07) is 17.4. The second-order valence-corrected chi connectivity index (χ2v) is 6.95. The average molecular weight is 328 g/mol. The van der Waals surface area contributed by atoms with Gasteiger partial charge in [0.1, 0.15) is 0 Å². The fraction of sp³-hybridized carbons (Fsp3) is 0.261. The Labute approximate surface area is 149 Å². The van der Waals surface area contributed by atoms with Gasteiger partial charge in [-0.25, -0.2) is 0 Å². The molecule has 126 valence electrons. The van der Waals surface area contributed by atoms with Gasteiger partial charge in [0.2, 0.25) is 0 Å². The molecular formula is C23H24N2. The first-order valence-corrected chi connectivity index (χ1v) is 8.97. The SMILES string of the molecule is Cc1nc(C)c(C)c(CCn2c3ccccc3c3ccccc32)c1C. The zero-order chi connectivity index (χ0) is 17.6. The molecule has 0 fully saturated rings. The van der Waals surface area contributed by atoms with Crippen LogP contribution in [0.1, 0.15) is 28.1 Å². The summed E-state index contributed by atoms with van der Waals surface area (Å²) in [6.45, 7) is 9.63. The molecule has 25 heavy (non-hydrogen) atoms. The molecule has 0 amide bonds. The Hall–Kier alpha value is -2.61. The first-order valence-electron chi connectivity index (χ1n) is 8.97. The molecule has 2 aromatic carbocycles. The first kappa shape index (κ1) is 15.9. The summed E-state index contributed by atoms with van der Waals surface area (Å²) in [5.74, 6) is 0. The van der Waals surface area contributed by atoms with Crippen LogP contribution in [0.5, 0.6) is 0 Å². The van der Waals surface area contributed by atoms with Gasteiger partial charge in [0.15, 0.2) is 0 Å². The number of nitrogens with zero attached hydrogens (tertiary/aromatic N) is 2. The molecular weight excluding hydrogens is 304 g/mol. The highest BCUT2D eigenvalue weighted by Crippen LogP contribution is 2.29. The highest BCUT2D eigenvalue weighted by atomic mass is 15.0. The van der Waals surface area contributed by atoms with Gasteiger partial charge in [0.25, 0.3) is 0 Å². The van der Waals surface area contributed by atoms with E-state index in [1.54, 1.807) is 0 Å². The summed E-state index contributed by atoms with van der Waals surface area (Å²) in [6.07, 6.45) is 1.03. The van der Waals surface area contributed by atoms with E-state index >= 15 is 0 Å². The maximum Gasteiger partial charge on any atom is 0.0491 e. The van der Waals surface area contributed by atoms with Crippen LogP contribution >= 0.6 is 0 Å². The molecule has 2 heteroatoms. The van der Waals surface area contributed by atoms with Gasteiger partial charge in [0, 0.05) is 39.7 Å². The van der Waals surface area contributed by atoms with Crippen LogP contribution in [0.15, 0.2) is 48.5 Å². The zero-order valence-corrected chi connectivity index (χ0v) is 15.4. The lowest BCUT2D eigenvalue weighted by Gasteiger charge is -2.15. The highest BCUT2D eigenvalue weighted by Gasteiger charge is 2.13. The molecule has 0 aliphatic heterocycles. The fourth-order valence-corrected chi connectivity index (χ4v) is 3.98. The van der Waals surface area contributed by atoms with E-state index < -0.39 is 0 Å². The lowest BCUT2D eigenvalue weighted by molar-refractivity contribution is 0.734. The van der Waals surface area contributed by atoms with Crippen LogP contribution in [0.2, 0.25) is 0 Å². The molecule has 0 spiro atoms. The van der Waals surface area contributed by atoms with Crippen LogP contribution in [0.4, 0.5) is 0 Å². The number of rotatable bonds is 3. The van der Waals surface area contributed by atoms with Crippen LogP contribution in [0, 0.1) is 27.7 Å². The van der Waals surface area contributed by atoms with Crippen LogP contribution in [0.3, 0.4) is 0 Å². The maximum absolute atomic E-state index is 4.67. The van der Waals surface area contributed by atoms with E-state index in [9.17, 15) is 0 Å². The Kier molecular flexibility index (Phi) is 3.84. The molecule has 0 aliphatic rings. The Balaban J connectivity index is 1.82.